The molecule has 1 saturated carbocycles. The zero-order valence-electron chi connectivity index (χ0n) is 12.2. The molecule has 1 N–H and O–H groups in total. The molecule has 1 saturated heterocycles. The van der Waals surface area contributed by atoms with Crippen LogP contribution in [0, 0.1) is 5.92 Å². The molecule has 1 heterocycles. The maximum Gasteiger partial charge on any atom is 0.244 e. The van der Waals surface area contributed by atoms with Crippen LogP contribution >= 0.6 is 11.8 Å². The van der Waals surface area contributed by atoms with E-state index in [1.807, 2.05) is 14.0 Å². The predicted octanol–water partition coefficient (Wildman–Crippen LogP) is 2.11. The Bertz CT molecular complexity index is 372. The van der Waals surface area contributed by atoms with E-state index in [1.165, 1.54) is 25.7 Å². The Morgan fingerprint density at radius 1 is 1.63 bits per heavy atom. The second kappa shape index (κ2) is 6.16. The number of rotatable bonds is 3. The highest BCUT2D eigenvalue weighted by Crippen LogP contribution is 2.38. The molecule has 1 aliphatic carbocycles. The van der Waals surface area contributed by atoms with Crippen LogP contribution in [0.1, 0.15) is 39.5 Å². The van der Waals surface area contributed by atoms with Crippen LogP contribution in [0.25, 0.3) is 0 Å². The first kappa shape index (κ1) is 14.7. The van der Waals surface area contributed by atoms with Crippen molar-refractivity contribution in [3.05, 3.63) is 0 Å². The van der Waals surface area contributed by atoms with Gasteiger partial charge >= 0.3 is 0 Å². The van der Waals surface area contributed by atoms with Crippen molar-refractivity contribution in [3.63, 3.8) is 0 Å². The van der Waals surface area contributed by atoms with Crippen molar-refractivity contribution in [1.82, 2.24) is 10.2 Å². The van der Waals surface area contributed by atoms with Crippen molar-refractivity contribution >= 4 is 22.8 Å². The second-order valence-corrected chi connectivity index (χ2v) is 6.89. The maximum atomic E-state index is 11.7. The van der Waals surface area contributed by atoms with Crippen molar-refractivity contribution in [3.8, 4) is 0 Å². The highest BCUT2D eigenvalue weighted by Gasteiger charge is 2.40. The van der Waals surface area contributed by atoms with Gasteiger partial charge in [0.1, 0.15) is 6.54 Å². The SMILES string of the molecule is CCN(C)C(=O)CN=C1NC2(CCCC(C)C2)CS1. The van der Waals surface area contributed by atoms with Crippen molar-refractivity contribution in [2.75, 3.05) is 25.9 Å². The Labute approximate surface area is 120 Å². The lowest BCUT2D eigenvalue weighted by Crippen LogP contribution is -2.47. The van der Waals surface area contributed by atoms with E-state index in [-0.39, 0.29) is 18.0 Å². The number of aliphatic imine (C=N–C) groups is 1. The summed E-state index contributed by atoms with van der Waals surface area (Å²) in [6.45, 7) is 5.32. The summed E-state index contributed by atoms with van der Waals surface area (Å²) in [4.78, 5) is 17.9. The summed E-state index contributed by atoms with van der Waals surface area (Å²) < 4.78 is 0. The number of amides is 1. The summed E-state index contributed by atoms with van der Waals surface area (Å²) in [6, 6.07) is 0. The third kappa shape index (κ3) is 3.65. The molecular weight excluding hydrogens is 258 g/mol. The summed E-state index contributed by atoms with van der Waals surface area (Å²) in [6.07, 6.45) is 5.13. The van der Waals surface area contributed by atoms with Crippen molar-refractivity contribution in [1.29, 1.82) is 0 Å². The number of amidine groups is 1. The molecule has 1 spiro atoms. The third-order valence-corrected chi connectivity index (χ3v) is 5.41. The molecule has 1 aliphatic heterocycles. The number of nitrogens with one attached hydrogen (secondary N) is 1. The Morgan fingerprint density at radius 2 is 2.42 bits per heavy atom. The normalized spacial score (nSPS) is 32.6. The van der Waals surface area contributed by atoms with Gasteiger partial charge in [-0.2, -0.15) is 0 Å². The van der Waals surface area contributed by atoms with E-state index in [9.17, 15) is 4.79 Å². The van der Waals surface area contributed by atoms with E-state index in [1.54, 1.807) is 16.7 Å². The van der Waals surface area contributed by atoms with Crippen LogP contribution in [-0.4, -0.2) is 47.4 Å². The van der Waals surface area contributed by atoms with Crippen molar-refractivity contribution < 1.29 is 4.79 Å². The van der Waals surface area contributed by atoms with Gasteiger partial charge in [-0.05, 0) is 25.7 Å². The number of nitrogens with zero attached hydrogens (tertiary/aromatic N) is 2. The fraction of sp³-hybridized carbons (Fsp3) is 0.857. The molecule has 2 rings (SSSR count). The quantitative estimate of drug-likeness (QED) is 0.863. The van der Waals surface area contributed by atoms with Gasteiger partial charge in [0, 0.05) is 24.9 Å². The summed E-state index contributed by atoms with van der Waals surface area (Å²) >= 11 is 1.78. The maximum absolute atomic E-state index is 11.7. The van der Waals surface area contributed by atoms with E-state index < -0.39 is 0 Å². The lowest BCUT2D eigenvalue weighted by atomic mass is 9.78. The summed E-state index contributed by atoms with van der Waals surface area (Å²) in [5.74, 6) is 2.00. The molecule has 0 aromatic rings. The van der Waals surface area contributed by atoms with Crippen molar-refractivity contribution in [2.24, 2.45) is 10.9 Å². The minimum atomic E-state index is 0.0929. The number of carbonyl (C=O) groups is 1. The highest BCUT2D eigenvalue weighted by atomic mass is 32.2. The van der Waals surface area contributed by atoms with Crippen LogP contribution < -0.4 is 5.32 Å². The molecular formula is C14H25N3OS. The smallest absolute Gasteiger partial charge is 0.244 e. The highest BCUT2D eigenvalue weighted by molar-refractivity contribution is 8.14. The molecule has 2 aliphatic rings. The number of thioether (sulfide) groups is 1. The van der Waals surface area contributed by atoms with Gasteiger partial charge in [0.05, 0.1) is 0 Å². The molecule has 108 valence electrons. The molecule has 4 nitrogen and oxygen atoms in total. The molecule has 2 atom stereocenters. The molecule has 2 unspecified atom stereocenters. The molecule has 19 heavy (non-hydrogen) atoms. The van der Waals surface area contributed by atoms with Crippen LogP contribution in [0.5, 0.6) is 0 Å². The van der Waals surface area contributed by atoms with E-state index in [0.29, 0.717) is 0 Å². The molecule has 1 amide bonds. The van der Waals surface area contributed by atoms with E-state index >= 15 is 0 Å². The lowest BCUT2D eigenvalue weighted by Gasteiger charge is -2.36. The molecule has 0 aromatic carbocycles. The second-order valence-electron chi connectivity index (χ2n) is 5.92. The molecule has 2 fully saturated rings. The minimum Gasteiger partial charge on any atom is -0.359 e. The minimum absolute atomic E-state index is 0.0929. The number of hydrogen-bond acceptors (Lipinski definition) is 3. The Kier molecular flexibility index (Phi) is 4.76. The van der Waals surface area contributed by atoms with Crippen LogP contribution in [0.4, 0.5) is 0 Å². The van der Waals surface area contributed by atoms with Crippen LogP contribution in [-0.2, 0) is 4.79 Å². The van der Waals surface area contributed by atoms with Crippen molar-refractivity contribution in [2.45, 2.75) is 45.1 Å². The Morgan fingerprint density at radius 3 is 3.11 bits per heavy atom. The zero-order valence-corrected chi connectivity index (χ0v) is 13.1. The van der Waals surface area contributed by atoms with Crippen LogP contribution in [0.15, 0.2) is 4.99 Å². The summed E-state index contributed by atoms with van der Waals surface area (Å²) in [7, 11) is 1.82. The third-order valence-electron chi connectivity index (χ3n) is 4.21. The lowest BCUT2D eigenvalue weighted by molar-refractivity contribution is -0.128. The number of hydrogen-bond donors (Lipinski definition) is 1. The van der Waals surface area contributed by atoms with Crippen LogP contribution in [0.3, 0.4) is 0 Å². The molecule has 0 radical (unpaired) electrons. The van der Waals surface area contributed by atoms with Crippen LogP contribution in [0.2, 0.25) is 0 Å². The first-order valence-corrected chi connectivity index (χ1v) is 8.22. The standard InChI is InChI=1S/C14H25N3OS/c1-4-17(3)12(18)9-15-13-16-14(10-19-13)7-5-6-11(2)8-14/h11H,4-10H2,1-3H3,(H,15,16). The predicted molar refractivity (Wildman–Crippen MR) is 81.6 cm³/mol. The van der Waals surface area contributed by atoms with Gasteiger partial charge in [0.25, 0.3) is 0 Å². The Hall–Kier alpha value is -0.710. The van der Waals surface area contributed by atoms with Gasteiger partial charge in [-0.15, -0.1) is 0 Å². The van der Waals surface area contributed by atoms with Gasteiger partial charge < -0.3 is 10.2 Å². The monoisotopic (exact) mass is 283 g/mol. The van der Waals surface area contributed by atoms with E-state index in [0.717, 1.165) is 23.4 Å². The average molecular weight is 283 g/mol. The fourth-order valence-electron chi connectivity index (χ4n) is 2.93. The Balaban J connectivity index is 1.89. The average Bonchev–Trinajstić information content (AvgIpc) is 2.77. The number of carbonyl (C=O) groups excluding carboxylic acids is 1. The zero-order chi connectivity index (χ0) is 13.9. The first-order chi connectivity index (χ1) is 9.04. The van der Waals surface area contributed by atoms with Gasteiger partial charge in [-0.1, -0.05) is 31.5 Å². The molecule has 0 aromatic heterocycles. The first-order valence-electron chi connectivity index (χ1n) is 7.24. The largest absolute Gasteiger partial charge is 0.359 e. The van der Waals surface area contributed by atoms with Gasteiger partial charge in [0.15, 0.2) is 5.17 Å². The van der Waals surface area contributed by atoms with Gasteiger partial charge in [0.2, 0.25) is 5.91 Å². The number of likely N-dealkylation sites (N-methyl/N-ethyl adjacent to an activating group) is 1. The molecule has 5 heteroatoms. The summed E-state index contributed by atoms with van der Waals surface area (Å²) in [5, 5.41) is 4.56. The van der Waals surface area contributed by atoms with Gasteiger partial charge in [-0.3, -0.25) is 9.79 Å². The fourth-order valence-corrected chi connectivity index (χ4v) is 4.12. The molecule has 0 bridgehead atoms. The van der Waals surface area contributed by atoms with E-state index in [4.69, 9.17) is 0 Å². The van der Waals surface area contributed by atoms with Gasteiger partial charge in [-0.25, -0.2) is 0 Å². The van der Waals surface area contributed by atoms with E-state index in [2.05, 4.69) is 17.2 Å². The summed E-state index contributed by atoms with van der Waals surface area (Å²) in [5.41, 5.74) is 0.251. The topological polar surface area (TPSA) is 44.7 Å².